The first-order valence-corrected chi connectivity index (χ1v) is 19.0. The van der Waals surface area contributed by atoms with Crippen LogP contribution in [0.3, 0.4) is 0 Å². The van der Waals surface area contributed by atoms with Crippen LogP contribution >= 0.6 is 0 Å². The number of fused-ring (bicyclic) bond motifs is 7. The number of benzene rings is 5. The van der Waals surface area contributed by atoms with Crippen LogP contribution in [0.2, 0.25) is 0 Å². The Bertz CT molecular complexity index is 3210. The quantitative estimate of drug-likeness (QED) is 0.0649. The largest absolute Gasteiger partial charge is 0.504 e. The first-order valence-electron chi connectivity index (χ1n) is 19.0. The maximum atomic E-state index is 15.1. The van der Waals surface area contributed by atoms with Crippen LogP contribution in [0.1, 0.15) is 63.5 Å². The number of hydrogen-bond donors (Lipinski definition) is 15. The van der Waals surface area contributed by atoms with E-state index in [1.807, 2.05) is 0 Å². The molecule has 5 aromatic rings. The zero-order valence-electron chi connectivity index (χ0n) is 33.5. The molecule has 0 spiro atoms. The van der Waals surface area contributed by atoms with Crippen molar-refractivity contribution in [2.24, 2.45) is 0 Å². The lowest BCUT2D eigenvalue weighted by molar-refractivity contribution is -0.159. The molecule has 68 heavy (non-hydrogen) atoms. The Morgan fingerprint density at radius 3 is 1.25 bits per heavy atom. The van der Waals surface area contributed by atoms with Crippen LogP contribution in [-0.2, 0) is 28.4 Å². The van der Waals surface area contributed by atoms with Gasteiger partial charge in [-0.2, -0.15) is 0 Å². The van der Waals surface area contributed by atoms with Crippen molar-refractivity contribution >= 4 is 29.8 Å². The summed E-state index contributed by atoms with van der Waals surface area (Å²) >= 11 is 0. The minimum atomic E-state index is -2.69. The molecule has 15 N–H and O–H groups in total. The highest BCUT2D eigenvalue weighted by atomic mass is 16.6. The van der Waals surface area contributed by atoms with E-state index in [-0.39, 0.29) is 0 Å². The van der Waals surface area contributed by atoms with E-state index in [0.717, 1.165) is 7.11 Å². The molecule has 26 nitrogen and oxygen atoms in total. The first-order chi connectivity index (χ1) is 32.0. The maximum Gasteiger partial charge on any atom is 0.340 e. The molecular weight excluding hydrogens is 920 g/mol. The van der Waals surface area contributed by atoms with Gasteiger partial charge in [0.2, 0.25) is 28.7 Å². The predicted octanol–water partition coefficient (Wildman–Crippen LogP) is 1.97. The van der Waals surface area contributed by atoms with Crippen molar-refractivity contribution < 1.29 is 129 Å². The zero-order chi connectivity index (χ0) is 49.4. The summed E-state index contributed by atoms with van der Waals surface area (Å²) in [7, 11) is 0.875. The topological polar surface area (TPSA) is 444 Å². The molecule has 5 atom stereocenters. The van der Waals surface area contributed by atoms with Crippen molar-refractivity contribution in [2.75, 3.05) is 13.7 Å². The lowest BCUT2D eigenvalue weighted by atomic mass is 9.80. The Morgan fingerprint density at radius 1 is 0.382 bits per heavy atom. The SMILES string of the molecule is COC1c2c(O)c(O)c(O)c3c2C(=O)OC1C1OC(=O)c2c(c(O)c(O)c(O)c2-3)-c2c(cc(O)c(O)c2O)C(=O)OC2COC(=O)c3cc(O)c(O)c(O)c3-c3c(cc(O)c(O)c3O)C(=O)OC21. The summed E-state index contributed by atoms with van der Waals surface area (Å²) in [5, 5.41) is 166. The average Bonchev–Trinajstić information content (AvgIpc) is 3.32. The lowest BCUT2D eigenvalue weighted by Crippen LogP contribution is -2.56. The number of methoxy groups -OCH3 is 1. The average molecular weight is 949 g/mol. The van der Waals surface area contributed by atoms with E-state index in [2.05, 4.69) is 0 Å². The van der Waals surface area contributed by atoms with Crippen molar-refractivity contribution in [1.82, 2.24) is 0 Å². The summed E-state index contributed by atoms with van der Waals surface area (Å²) in [6.45, 7) is -1.47. The number of carbonyl (C=O) groups is 5. The number of hydrogen-bond acceptors (Lipinski definition) is 26. The maximum absolute atomic E-state index is 15.1. The number of esters is 5. The number of phenols is 15. The van der Waals surface area contributed by atoms with Gasteiger partial charge in [-0.1, -0.05) is 0 Å². The van der Waals surface area contributed by atoms with Crippen LogP contribution in [-0.4, -0.2) is 145 Å². The van der Waals surface area contributed by atoms with Gasteiger partial charge >= 0.3 is 29.8 Å². The minimum absolute atomic E-state index is 0.348. The molecule has 5 aliphatic heterocycles. The molecule has 6 bridgehead atoms. The van der Waals surface area contributed by atoms with Crippen LogP contribution in [0.5, 0.6) is 86.2 Å². The van der Waals surface area contributed by atoms with Crippen molar-refractivity contribution in [3.05, 3.63) is 51.6 Å². The van der Waals surface area contributed by atoms with Gasteiger partial charge in [0.15, 0.2) is 81.9 Å². The van der Waals surface area contributed by atoms with Crippen LogP contribution in [0, 0.1) is 0 Å². The van der Waals surface area contributed by atoms with Gasteiger partial charge in [-0.3, -0.25) is 0 Å². The third kappa shape index (κ3) is 5.76. The minimum Gasteiger partial charge on any atom is -0.504 e. The molecule has 0 saturated heterocycles. The summed E-state index contributed by atoms with van der Waals surface area (Å²) in [4.78, 5) is 72.9. The van der Waals surface area contributed by atoms with E-state index in [0.29, 0.717) is 18.2 Å². The molecule has 5 aromatic carbocycles. The van der Waals surface area contributed by atoms with E-state index in [9.17, 15) is 95.8 Å². The van der Waals surface area contributed by atoms with Crippen LogP contribution in [0.15, 0.2) is 18.2 Å². The molecule has 0 radical (unpaired) electrons. The normalized spacial score (nSPS) is 20.4. The zero-order valence-corrected chi connectivity index (χ0v) is 33.5. The second kappa shape index (κ2) is 14.7. The summed E-state index contributed by atoms with van der Waals surface area (Å²) in [5.41, 5.74) is -14.1. The van der Waals surface area contributed by atoms with Gasteiger partial charge in [-0.15, -0.1) is 0 Å². The van der Waals surface area contributed by atoms with Crippen LogP contribution < -0.4 is 0 Å². The fourth-order valence-corrected chi connectivity index (χ4v) is 8.62. The first kappa shape index (κ1) is 43.7. The summed E-state index contributed by atoms with van der Waals surface area (Å²) in [6.07, 6.45) is -12.4. The van der Waals surface area contributed by atoms with E-state index < -0.39 is 220 Å². The molecule has 0 fully saturated rings. The fraction of sp³-hybridized carbons (Fsp3) is 0.167. The van der Waals surface area contributed by atoms with Gasteiger partial charge in [-0.25, -0.2) is 24.0 Å². The van der Waals surface area contributed by atoms with E-state index >= 15 is 4.79 Å². The standard InChI is InChI=1S/C42H28O26/c1-63-35-21-20-18(30(54)33(57)31(21)55)17-19-16(28(52)32(56)29(17)53)15-8(4-11(45)24(48)27(15)51)39(59)65-12-5-64-38(58)6-2-9(43)22(46)25(49)13(6)14-7(3-10(44)23(47)26(14)50)40(60)66-34(12)36(67-41(19)61)37(35)68-42(20)62/h2-4,12,34-37,43-57H,5H2,1H3. The molecule has 0 amide bonds. The van der Waals surface area contributed by atoms with E-state index in [4.69, 9.17) is 28.4 Å². The van der Waals surface area contributed by atoms with Gasteiger partial charge in [0, 0.05) is 46.1 Å². The predicted molar refractivity (Wildman–Crippen MR) is 211 cm³/mol. The second-order valence-electron chi connectivity index (χ2n) is 15.2. The lowest BCUT2D eigenvalue weighted by Gasteiger charge is -2.41. The van der Waals surface area contributed by atoms with Crippen molar-refractivity contribution in [2.45, 2.75) is 30.5 Å². The molecule has 0 saturated carbocycles. The Morgan fingerprint density at radius 2 is 0.750 bits per heavy atom. The molecule has 10 rings (SSSR count). The molecule has 5 heterocycles. The number of rotatable bonds is 1. The molecule has 5 unspecified atom stereocenters. The van der Waals surface area contributed by atoms with Crippen LogP contribution in [0.4, 0.5) is 0 Å². The molecule has 0 aromatic heterocycles. The highest BCUT2D eigenvalue weighted by molar-refractivity contribution is 6.16. The molecule has 352 valence electrons. The fourth-order valence-electron chi connectivity index (χ4n) is 8.62. The van der Waals surface area contributed by atoms with Gasteiger partial charge in [-0.05, 0) is 18.2 Å². The van der Waals surface area contributed by atoms with Crippen molar-refractivity contribution in [3.63, 3.8) is 0 Å². The number of carbonyl (C=O) groups excluding carboxylic acids is 5. The number of phenolic OH excluding ortho intramolecular Hbond substituents is 15. The Balaban J connectivity index is 1.45. The Kier molecular flexibility index (Phi) is 9.45. The second-order valence-corrected chi connectivity index (χ2v) is 15.2. The molecule has 26 heteroatoms. The monoisotopic (exact) mass is 948 g/mol. The molecule has 5 aliphatic rings. The van der Waals surface area contributed by atoms with Crippen LogP contribution in [0.25, 0.3) is 33.4 Å². The van der Waals surface area contributed by atoms with Crippen molar-refractivity contribution in [3.8, 4) is 120 Å². The van der Waals surface area contributed by atoms with E-state index in [1.165, 1.54) is 0 Å². The summed E-state index contributed by atoms with van der Waals surface area (Å²) < 4.78 is 34.0. The number of ether oxygens (including phenoxy) is 6. The number of cyclic esters (lactones) is 1. The third-order valence-electron chi connectivity index (χ3n) is 11.7. The summed E-state index contributed by atoms with van der Waals surface area (Å²) in [5.74, 6) is -31.3. The third-order valence-corrected chi connectivity index (χ3v) is 11.7. The van der Waals surface area contributed by atoms with Gasteiger partial charge in [0.25, 0.3) is 0 Å². The molecule has 0 aliphatic carbocycles. The smallest absolute Gasteiger partial charge is 0.340 e. The summed E-state index contributed by atoms with van der Waals surface area (Å²) in [6, 6.07) is 1.15. The highest BCUT2D eigenvalue weighted by Crippen LogP contribution is 2.62. The van der Waals surface area contributed by atoms with Crippen molar-refractivity contribution in [1.29, 1.82) is 0 Å². The van der Waals surface area contributed by atoms with Gasteiger partial charge in [0.1, 0.15) is 12.7 Å². The number of aromatic hydroxyl groups is 15. The Hall–Kier alpha value is -9.59. The van der Waals surface area contributed by atoms with Gasteiger partial charge < -0.3 is 105 Å². The highest BCUT2D eigenvalue weighted by Gasteiger charge is 2.56. The molecular formula is C42H28O26. The Labute approximate surface area is 373 Å². The van der Waals surface area contributed by atoms with E-state index in [1.54, 1.807) is 0 Å². The van der Waals surface area contributed by atoms with Gasteiger partial charge in [0.05, 0.1) is 27.8 Å².